The van der Waals surface area contributed by atoms with Crippen molar-refractivity contribution in [2.24, 2.45) is 0 Å². The predicted molar refractivity (Wildman–Crippen MR) is 87.4 cm³/mol. The fourth-order valence-electron chi connectivity index (χ4n) is 2.32. The molecule has 122 valence electrons. The van der Waals surface area contributed by atoms with Gasteiger partial charge in [-0.3, -0.25) is 9.36 Å². The molecule has 0 amide bonds. The maximum atomic E-state index is 12.7. The van der Waals surface area contributed by atoms with E-state index in [9.17, 15) is 14.4 Å². The lowest BCUT2D eigenvalue weighted by molar-refractivity contribution is 0.0522. The van der Waals surface area contributed by atoms with Gasteiger partial charge in [-0.15, -0.1) is 0 Å². The van der Waals surface area contributed by atoms with E-state index >= 15 is 0 Å². The van der Waals surface area contributed by atoms with Crippen molar-refractivity contribution < 1.29 is 9.53 Å². The molecule has 0 radical (unpaired) electrons. The van der Waals surface area contributed by atoms with E-state index in [4.69, 9.17) is 4.74 Å². The van der Waals surface area contributed by atoms with Gasteiger partial charge in [0.05, 0.1) is 12.3 Å². The quantitative estimate of drug-likeness (QED) is 0.810. The molecule has 0 N–H and O–H groups in total. The summed E-state index contributed by atoms with van der Waals surface area (Å²) in [5, 5.41) is 0. The molecule has 0 saturated carbocycles. The number of carbonyl (C=O) groups is 1. The minimum Gasteiger partial charge on any atom is -0.462 e. The molecule has 0 fully saturated rings. The Bertz CT molecular complexity index is 846. The highest BCUT2D eigenvalue weighted by Gasteiger charge is 2.20. The van der Waals surface area contributed by atoms with Crippen molar-refractivity contribution in [2.45, 2.75) is 33.7 Å². The highest BCUT2D eigenvalue weighted by atomic mass is 16.5. The number of hydrogen-bond acceptors (Lipinski definition) is 4. The molecule has 0 bridgehead atoms. The number of para-hydroxylation sites is 1. The Morgan fingerprint density at radius 3 is 2.43 bits per heavy atom. The zero-order valence-electron chi connectivity index (χ0n) is 13.7. The van der Waals surface area contributed by atoms with Gasteiger partial charge in [-0.1, -0.05) is 18.2 Å². The number of benzene rings is 1. The molecule has 0 saturated heterocycles. The van der Waals surface area contributed by atoms with Gasteiger partial charge in [0, 0.05) is 12.2 Å². The molecule has 2 aromatic rings. The zero-order valence-corrected chi connectivity index (χ0v) is 13.7. The normalized spacial score (nSPS) is 10.8. The van der Waals surface area contributed by atoms with Gasteiger partial charge < -0.3 is 4.74 Å². The van der Waals surface area contributed by atoms with Crippen molar-refractivity contribution in [3.8, 4) is 5.69 Å². The summed E-state index contributed by atoms with van der Waals surface area (Å²) in [6.45, 7) is 7.24. The van der Waals surface area contributed by atoms with Gasteiger partial charge in [0.2, 0.25) is 0 Å². The van der Waals surface area contributed by atoms with Gasteiger partial charge in [0.15, 0.2) is 0 Å². The smallest absolute Gasteiger partial charge is 0.345 e. The highest BCUT2D eigenvalue weighted by Crippen LogP contribution is 2.11. The predicted octanol–water partition coefficient (Wildman–Crippen LogP) is 2.07. The van der Waals surface area contributed by atoms with Crippen molar-refractivity contribution in [2.75, 3.05) is 6.61 Å². The van der Waals surface area contributed by atoms with Crippen LogP contribution in [0.15, 0.2) is 40.1 Å². The van der Waals surface area contributed by atoms with Crippen LogP contribution in [0.25, 0.3) is 5.69 Å². The van der Waals surface area contributed by atoms with Crippen LogP contribution >= 0.6 is 0 Å². The second-order valence-electron chi connectivity index (χ2n) is 5.47. The second kappa shape index (κ2) is 6.64. The van der Waals surface area contributed by atoms with Crippen molar-refractivity contribution in [1.29, 1.82) is 0 Å². The summed E-state index contributed by atoms with van der Waals surface area (Å²) >= 11 is 0. The lowest BCUT2D eigenvalue weighted by Gasteiger charge is -2.16. The Hall–Kier alpha value is -2.63. The topological polar surface area (TPSA) is 70.3 Å². The minimum absolute atomic E-state index is 0.150. The van der Waals surface area contributed by atoms with Crippen LogP contribution in [0.5, 0.6) is 0 Å². The van der Waals surface area contributed by atoms with Crippen molar-refractivity contribution in [3.63, 3.8) is 0 Å². The van der Waals surface area contributed by atoms with Crippen LogP contribution in [-0.2, 0) is 4.74 Å². The first-order valence-corrected chi connectivity index (χ1v) is 7.49. The summed E-state index contributed by atoms with van der Waals surface area (Å²) in [6, 6.07) is 6.84. The molecule has 0 aliphatic carbocycles. The molecule has 0 spiro atoms. The summed E-state index contributed by atoms with van der Waals surface area (Å²) < 4.78 is 7.33. The Balaban J connectivity index is 2.86. The third-order valence-corrected chi connectivity index (χ3v) is 3.52. The Morgan fingerprint density at radius 2 is 1.87 bits per heavy atom. The van der Waals surface area contributed by atoms with Crippen LogP contribution in [-0.4, -0.2) is 21.7 Å². The first kappa shape index (κ1) is 16.7. The van der Waals surface area contributed by atoms with Crippen LogP contribution in [0.3, 0.4) is 0 Å². The number of nitrogens with zero attached hydrogens (tertiary/aromatic N) is 2. The average molecular weight is 316 g/mol. The molecule has 0 unspecified atom stereocenters. The number of hydrogen-bond donors (Lipinski definition) is 0. The van der Waals surface area contributed by atoms with Crippen LogP contribution in [0.4, 0.5) is 0 Å². The molecule has 2 rings (SSSR count). The van der Waals surface area contributed by atoms with Crippen LogP contribution in [0.2, 0.25) is 0 Å². The summed E-state index contributed by atoms with van der Waals surface area (Å²) in [5.41, 5.74) is -0.0681. The standard InChI is InChI=1S/C17H20N2O4/c1-5-23-16(21)13-10-18(11(2)3)17(22)19(15(13)20)14-9-7-6-8-12(14)4/h6-11H,5H2,1-4H3. The molecule has 1 aromatic heterocycles. The number of rotatable bonds is 4. The minimum atomic E-state index is -0.728. The number of aromatic nitrogens is 2. The lowest BCUT2D eigenvalue weighted by atomic mass is 10.2. The van der Waals surface area contributed by atoms with Gasteiger partial charge >= 0.3 is 11.7 Å². The van der Waals surface area contributed by atoms with Crippen LogP contribution < -0.4 is 11.2 Å². The summed E-state index contributed by atoms with van der Waals surface area (Å²) in [5.74, 6) is -0.728. The zero-order chi connectivity index (χ0) is 17.1. The molecular weight excluding hydrogens is 296 g/mol. The largest absolute Gasteiger partial charge is 0.462 e. The van der Waals surface area contributed by atoms with Crippen LogP contribution in [0.1, 0.15) is 42.7 Å². The van der Waals surface area contributed by atoms with E-state index in [2.05, 4.69) is 0 Å². The van der Waals surface area contributed by atoms with Crippen molar-refractivity contribution in [3.05, 3.63) is 62.4 Å². The van der Waals surface area contributed by atoms with Gasteiger partial charge in [0.25, 0.3) is 5.56 Å². The Labute approximate surface area is 134 Å². The maximum Gasteiger partial charge on any atom is 0.345 e. The van der Waals surface area contributed by atoms with Gasteiger partial charge in [0.1, 0.15) is 5.56 Å². The summed E-state index contributed by atoms with van der Waals surface area (Å²) in [6.07, 6.45) is 1.28. The lowest BCUT2D eigenvalue weighted by Crippen LogP contribution is -2.42. The summed E-state index contributed by atoms with van der Waals surface area (Å²) in [4.78, 5) is 37.4. The molecule has 0 atom stereocenters. The second-order valence-corrected chi connectivity index (χ2v) is 5.47. The first-order chi connectivity index (χ1) is 10.9. The number of esters is 1. The van der Waals surface area contributed by atoms with E-state index in [-0.39, 0.29) is 18.2 Å². The van der Waals surface area contributed by atoms with Crippen molar-refractivity contribution >= 4 is 5.97 Å². The fourth-order valence-corrected chi connectivity index (χ4v) is 2.32. The van der Waals surface area contributed by atoms with Gasteiger partial charge in [-0.05, 0) is 39.3 Å². The highest BCUT2D eigenvalue weighted by molar-refractivity contribution is 5.88. The molecule has 0 aliphatic heterocycles. The van der Waals surface area contributed by atoms with E-state index in [0.29, 0.717) is 5.69 Å². The Kier molecular flexibility index (Phi) is 4.83. The molecule has 1 heterocycles. The average Bonchev–Trinajstić information content (AvgIpc) is 2.49. The molecule has 6 heteroatoms. The van der Waals surface area contributed by atoms with Gasteiger partial charge in [-0.2, -0.15) is 0 Å². The van der Waals surface area contributed by atoms with E-state index in [0.717, 1.165) is 10.1 Å². The SMILES string of the molecule is CCOC(=O)c1cn(C(C)C)c(=O)n(-c2ccccc2C)c1=O. The number of ether oxygens (including phenoxy) is 1. The van der Waals surface area contributed by atoms with E-state index < -0.39 is 17.2 Å². The van der Waals surface area contributed by atoms with E-state index in [1.54, 1.807) is 32.0 Å². The number of aryl methyl sites for hydroxylation is 1. The Morgan fingerprint density at radius 1 is 1.22 bits per heavy atom. The van der Waals surface area contributed by atoms with Crippen LogP contribution in [0, 0.1) is 6.92 Å². The fraction of sp³-hybridized carbons (Fsp3) is 0.353. The molecule has 6 nitrogen and oxygen atoms in total. The maximum absolute atomic E-state index is 12.7. The van der Waals surface area contributed by atoms with E-state index in [1.807, 2.05) is 19.9 Å². The molecule has 0 aliphatic rings. The summed E-state index contributed by atoms with van der Waals surface area (Å²) in [7, 11) is 0. The van der Waals surface area contributed by atoms with Gasteiger partial charge in [-0.25, -0.2) is 14.2 Å². The number of carbonyl (C=O) groups excluding carboxylic acids is 1. The molecule has 1 aromatic carbocycles. The third kappa shape index (κ3) is 3.11. The third-order valence-electron chi connectivity index (χ3n) is 3.52. The molecule has 23 heavy (non-hydrogen) atoms. The van der Waals surface area contributed by atoms with E-state index in [1.165, 1.54) is 10.8 Å². The van der Waals surface area contributed by atoms with Crippen molar-refractivity contribution in [1.82, 2.24) is 9.13 Å². The molecular formula is C17H20N2O4. The first-order valence-electron chi connectivity index (χ1n) is 7.49. The monoisotopic (exact) mass is 316 g/mol.